The lowest BCUT2D eigenvalue weighted by molar-refractivity contribution is -0.145. The van der Waals surface area contributed by atoms with Crippen molar-refractivity contribution >= 4 is 29.6 Å². The second-order valence-electron chi connectivity index (χ2n) is 14.9. The predicted octanol–water partition coefficient (Wildman–Crippen LogP) is 7.49. The number of aliphatic imine (C=N–C) groups is 1. The number of fused-ring (bicyclic) bond motifs is 2. The predicted molar refractivity (Wildman–Crippen MR) is 215 cm³/mol. The number of hydrazine groups is 1. The third-order valence-corrected chi connectivity index (χ3v) is 10.8. The minimum Gasteiger partial charge on any atom is -0.493 e. The summed E-state index contributed by atoms with van der Waals surface area (Å²) in [5.74, 6) is 1.12. The largest absolute Gasteiger partial charge is 0.493 e. The molecule has 0 spiro atoms. The van der Waals surface area contributed by atoms with E-state index in [1.807, 2.05) is 109 Å². The van der Waals surface area contributed by atoms with Crippen molar-refractivity contribution in [3.63, 3.8) is 0 Å². The summed E-state index contributed by atoms with van der Waals surface area (Å²) in [5.41, 5.74) is 7.47. The zero-order chi connectivity index (χ0) is 38.5. The maximum Gasteiger partial charge on any atom is 0.325 e. The fraction of sp³-hybridized carbons (Fsp3) is 0.378. The molecule has 1 aliphatic carbocycles. The van der Waals surface area contributed by atoms with Crippen molar-refractivity contribution in [2.45, 2.75) is 83.6 Å². The molecule has 2 fully saturated rings. The Bertz CT molecular complexity index is 1900. The second-order valence-corrected chi connectivity index (χ2v) is 14.9. The van der Waals surface area contributed by atoms with Gasteiger partial charge in [0.15, 0.2) is 0 Å². The van der Waals surface area contributed by atoms with E-state index in [1.54, 1.807) is 9.80 Å². The molecule has 4 aromatic rings. The van der Waals surface area contributed by atoms with Crippen LogP contribution in [0, 0.1) is 5.92 Å². The lowest BCUT2D eigenvalue weighted by Gasteiger charge is -2.43. The van der Waals surface area contributed by atoms with Gasteiger partial charge in [0.25, 0.3) is 0 Å². The Balaban J connectivity index is 1.03. The molecule has 2 unspecified atom stereocenters. The highest BCUT2D eigenvalue weighted by atomic mass is 16.5. The summed E-state index contributed by atoms with van der Waals surface area (Å²) in [6, 6.07) is 34.9. The first-order chi connectivity index (χ1) is 27.5. The average Bonchev–Trinajstić information content (AvgIpc) is 3.23. The van der Waals surface area contributed by atoms with Gasteiger partial charge in [-0.2, -0.15) is 0 Å². The first-order valence-electron chi connectivity index (χ1n) is 20.0. The molecule has 0 bridgehead atoms. The minimum atomic E-state index is -0.456. The molecular weight excluding hydrogens is 705 g/mol. The Morgan fingerprint density at radius 2 is 1.43 bits per heavy atom. The van der Waals surface area contributed by atoms with Crippen LogP contribution >= 0.6 is 0 Å². The summed E-state index contributed by atoms with van der Waals surface area (Å²) in [6.07, 6.45) is 8.24. The Morgan fingerprint density at radius 3 is 2.14 bits per heavy atom. The molecular formula is C45H52N6O5. The molecule has 2 atom stereocenters. The Morgan fingerprint density at radius 1 is 0.768 bits per heavy atom. The van der Waals surface area contributed by atoms with E-state index in [-0.39, 0.29) is 37.6 Å². The fourth-order valence-corrected chi connectivity index (χ4v) is 7.96. The van der Waals surface area contributed by atoms with E-state index >= 15 is 0 Å². The number of hydrogen-bond donors (Lipinski definition) is 2. The van der Waals surface area contributed by atoms with E-state index in [9.17, 15) is 14.4 Å². The zero-order valence-electron chi connectivity index (χ0n) is 32.0. The molecule has 3 aliphatic rings. The van der Waals surface area contributed by atoms with Crippen molar-refractivity contribution < 1.29 is 23.9 Å². The summed E-state index contributed by atoms with van der Waals surface area (Å²) < 4.78 is 11.9. The van der Waals surface area contributed by atoms with Gasteiger partial charge in [0, 0.05) is 37.7 Å². The third-order valence-electron chi connectivity index (χ3n) is 10.8. The molecule has 2 N–H and O–H groups in total. The number of nitrogens with zero attached hydrogens (tertiary/aromatic N) is 4. The summed E-state index contributed by atoms with van der Waals surface area (Å²) in [5, 5.41) is 5.23. The van der Waals surface area contributed by atoms with Crippen LogP contribution in [-0.4, -0.2) is 64.4 Å². The second kappa shape index (κ2) is 19.3. The van der Waals surface area contributed by atoms with Crippen LogP contribution in [0.1, 0.15) is 73.6 Å². The Labute approximate surface area is 329 Å². The van der Waals surface area contributed by atoms with Crippen LogP contribution < -0.4 is 15.5 Å². The zero-order valence-corrected chi connectivity index (χ0v) is 32.0. The number of benzene rings is 4. The van der Waals surface area contributed by atoms with Crippen LogP contribution in [0.3, 0.4) is 0 Å². The van der Waals surface area contributed by atoms with Crippen LogP contribution in [0.4, 0.5) is 10.5 Å². The van der Waals surface area contributed by atoms with E-state index < -0.39 is 5.97 Å². The van der Waals surface area contributed by atoms with Gasteiger partial charge in [0.2, 0.25) is 11.9 Å². The van der Waals surface area contributed by atoms with Gasteiger partial charge in [-0.15, -0.1) is 0 Å². The minimum absolute atomic E-state index is 0.0219. The molecule has 0 aromatic heterocycles. The molecule has 2 heterocycles. The average molecular weight is 757 g/mol. The first kappa shape index (κ1) is 38.6. The van der Waals surface area contributed by atoms with E-state index in [2.05, 4.69) is 15.8 Å². The van der Waals surface area contributed by atoms with Crippen molar-refractivity contribution in [2.75, 3.05) is 19.7 Å². The normalized spacial score (nSPS) is 17.8. The van der Waals surface area contributed by atoms with Crippen molar-refractivity contribution in [1.29, 1.82) is 0 Å². The van der Waals surface area contributed by atoms with Gasteiger partial charge in [-0.3, -0.25) is 20.3 Å². The smallest absolute Gasteiger partial charge is 0.325 e. The van der Waals surface area contributed by atoms with E-state index in [0.29, 0.717) is 55.9 Å². The highest BCUT2D eigenvalue weighted by Gasteiger charge is 2.34. The van der Waals surface area contributed by atoms with E-state index in [4.69, 9.17) is 14.5 Å². The molecule has 11 nitrogen and oxygen atoms in total. The van der Waals surface area contributed by atoms with Gasteiger partial charge in [0.05, 0.1) is 18.8 Å². The van der Waals surface area contributed by atoms with Gasteiger partial charge < -0.3 is 19.3 Å². The number of urea groups is 1. The van der Waals surface area contributed by atoms with Gasteiger partial charge in [-0.05, 0) is 66.8 Å². The monoisotopic (exact) mass is 756 g/mol. The quantitative estimate of drug-likeness (QED) is 0.101. The molecule has 4 aromatic carbocycles. The standard InChI is InChI=1S/C45H52N6O5/c52-42(48-51-27-13-22-37-21-10-11-24-40(37)51)26-14-28-55-41-25-12-23-39-38(41)31-49(32-43(53)56-33-36-19-8-3-9-20-36)44(46-39)47-45(54)50(29-34-15-4-1-5-16-34)30-35-17-6-2-7-18-35/h1-9,12,15-20,23,25,37,40H,10-11,13-14,21-22,24,26-33H2,(H,48,52)(H,46,47,54). The lowest BCUT2D eigenvalue weighted by atomic mass is 9.79. The Hall–Kier alpha value is -5.68. The highest BCUT2D eigenvalue weighted by Crippen LogP contribution is 2.35. The number of esters is 1. The van der Waals surface area contributed by atoms with Crippen molar-refractivity contribution in [1.82, 2.24) is 25.6 Å². The van der Waals surface area contributed by atoms with Crippen molar-refractivity contribution in [3.05, 3.63) is 131 Å². The van der Waals surface area contributed by atoms with Crippen LogP contribution in [0.2, 0.25) is 0 Å². The van der Waals surface area contributed by atoms with Gasteiger partial charge in [-0.1, -0.05) is 110 Å². The number of ether oxygens (including phenoxy) is 2. The molecule has 3 amide bonds. The number of hydrogen-bond acceptors (Lipinski definition) is 8. The number of rotatable bonds is 14. The molecule has 1 saturated carbocycles. The molecule has 292 valence electrons. The first-order valence-corrected chi connectivity index (χ1v) is 20.0. The Kier molecular flexibility index (Phi) is 13.3. The summed E-state index contributed by atoms with van der Waals surface area (Å²) in [6.45, 7) is 2.24. The summed E-state index contributed by atoms with van der Waals surface area (Å²) >= 11 is 0. The topological polar surface area (TPSA) is 116 Å². The summed E-state index contributed by atoms with van der Waals surface area (Å²) in [7, 11) is 0. The summed E-state index contributed by atoms with van der Waals surface area (Å²) in [4.78, 5) is 48.7. The third kappa shape index (κ3) is 10.5. The van der Waals surface area contributed by atoms with E-state index in [1.165, 1.54) is 25.7 Å². The van der Waals surface area contributed by atoms with Crippen LogP contribution in [-0.2, 0) is 40.6 Å². The van der Waals surface area contributed by atoms with Gasteiger partial charge in [-0.25, -0.2) is 14.8 Å². The fourth-order valence-electron chi connectivity index (χ4n) is 7.96. The van der Waals surface area contributed by atoms with Gasteiger partial charge >= 0.3 is 12.0 Å². The highest BCUT2D eigenvalue weighted by molar-refractivity contribution is 5.99. The molecule has 1 saturated heterocycles. The van der Waals surface area contributed by atoms with Crippen LogP contribution in [0.15, 0.2) is 114 Å². The number of guanidine groups is 1. The molecule has 56 heavy (non-hydrogen) atoms. The number of carbonyl (C=O) groups excluding carboxylic acids is 3. The van der Waals surface area contributed by atoms with E-state index in [0.717, 1.165) is 41.6 Å². The maximum absolute atomic E-state index is 14.1. The molecule has 11 heteroatoms. The number of amides is 3. The van der Waals surface area contributed by atoms with Crippen LogP contribution in [0.25, 0.3) is 0 Å². The number of piperidine rings is 1. The molecule has 7 rings (SSSR count). The lowest BCUT2D eigenvalue weighted by Crippen LogP contribution is -2.55. The maximum atomic E-state index is 14.1. The van der Waals surface area contributed by atoms with Crippen LogP contribution in [0.5, 0.6) is 5.75 Å². The number of nitrogens with one attached hydrogen (secondary N) is 2. The number of carbonyl (C=O) groups is 3. The van der Waals surface area contributed by atoms with Crippen molar-refractivity contribution in [2.24, 2.45) is 10.9 Å². The molecule has 0 radical (unpaired) electrons. The molecule has 2 aliphatic heterocycles. The van der Waals surface area contributed by atoms with Gasteiger partial charge in [0.1, 0.15) is 18.9 Å². The van der Waals surface area contributed by atoms with Crippen molar-refractivity contribution in [3.8, 4) is 5.75 Å². The SMILES string of the molecule is O=C(CCCOc1cccc2c1CN(CC(=O)OCc1ccccc1)C(NC(=O)N(Cc1ccccc1)Cc1ccccc1)=N2)NN1CCCC2CCCCC21.